The molecule has 4 aromatic carbocycles. The molecule has 0 fully saturated rings. The van der Waals surface area contributed by atoms with Gasteiger partial charge in [0.2, 0.25) is 0 Å². The SMILES string of the molecule is O=[N+]([O-])c1ccccc1SNc1ccc(Cc2ccc(NSc3ccccc3[N+](=O)[O-])cc2)cc1. The predicted molar refractivity (Wildman–Crippen MR) is 141 cm³/mol. The van der Waals surface area contributed by atoms with Gasteiger partial charge in [-0.2, -0.15) is 0 Å². The van der Waals surface area contributed by atoms with Crippen molar-refractivity contribution in [3.05, 3.63) is 128 Å². The maximum atomic E-state index is 11.1. The van der Waals surface area contributed by atoms with Crippen molar-refractivity contribution >= 4 is 46.6 Å². The van der Waals surface area contributed by atoms with Crippen LogP contribution in [0.1, 0.15) is 11.1 Å². The second-order valence-corrected chi connectivity index (χ2v) is 9.12. The minimum atomic E-state index is -0.391. The summed E-state index contributed by atoms with van der Waals surface area (Å²) in [7, 11) is 0. The Bertz CT molecular complexity index is 1230. The zero-order chi connectivity index (χ0) is 24.6. The lowest BCUT2D eigenvalue weighted by Gasteiger charge is -2.09. The van der Waals surface area contributed by atoms with Gasteiger partial charge in [-0.25, -0.2) is 0 Å². The number of hydrogen-bond acceptors (Lipinski definition) is 8. The molecule has 2 N–H and O–H groups in total. The van der Waals surface area contributed by atoms with Gasteiger partial charge in [-0.1, -0.05) is 48.5 Å². The Hall–Kier alpha value is -4.02. The van der Waals surface area contributed by atoms with Gasteiger partial charge in [0, 0.05) is 23.5 Å². The van der Waals surface area contributed by atoms with Gasteiger partial charge in [-0.15, -0.1) is 0 Å². The van der Waals surface area contributed by atoms with E-state index in [0.717, 1.165) is 28.9 Å². The Morgan fingerprint density at radius 3 is 1.31 bits per heavy atom. The van der Waals surface area contributed by atoms with E-state index in [0.29, 0.717) is 9.79 Å². The molecule has 35 heavy (non-hydrogen) atoms. The summed E-state index contributed by atoms with van der Waals surface area (Å²) in [4.78, 5) is 22.6. The van der Waals surface area contributed by atoms with E-state index in [1.165, 1.54) is 36.0 Å². The van der Waals surface area contributed by atoms with Gasteiger partial charge in [-0.3, -0.25) is 20.2 Å². The third-order valence-corrected chi connectivity index (χ3v) is 6.80. The van der Waals surface area contributed by atoms with Gasteiger partial charge in [0.05, 0.1) is 9.85 Å². The van der Waals surface area contributed by atoms with Crippen LogP contribution in [0.2, 0.25) is 0 Å². The smallest absolute Gasteiger partial charge is 0.284 e. The molecule has 0 bridgehead atoms. The average Bonchev–Trinajstić information content (AvgIpc) is 2.88. The largest absolute Gasteiger partial charge is 0.325 e. The molecule has 0 aliphatic rings. The number of rotatable bonds is 10. The Morgan fingerprint density at radius 2 is 0.943 bits per heavy atom. The van der Waals surface area contributed by atoms with Crippen LogP contribution in [0.25, 0.3) is 0 Å². The fraction of sp³-hybridized carbons (Fsp3) is 0.0400. The third kappa shape index (κ3) is 6.52. The lowest BCUT2D eigenvalue weighted by molar-refractivity contribution is -0.387. The Morgan fingerprint density at radius 1 is 0.571 bits per heavy atom. The molecule has 0 aliphatic carbocycles. The zero-order valence-electron chi connectivity index (χ0n) is 18.3. The molecule has 0 saturated heterocycles. The van der Waals surface area contributed by atoms with Gasteiger partial charge in [0.15, 0.2) is 0 Å². The van der Waals surface area contributed by atoms with Crippen molar-refractivity contribution < 1.29 is 9.85 Å². The quantitative estimate of drug-likeness (QED) is 0.131. The van der Waals surface area contributed by atoms with Crippen LogP contribution in [0.4, 0.5) is 22.7 Å². The fourth-order valence-electron chi connectivity index (χ4n) is 3.23. The Balaban J connectivity index is 1.31. The van der Waals surface area contributed by atoms with Crippen molar-refractivity contribution in [2.24, 2.45) is 0 Å². The lowest BCUT2D eigenvalue weighted by Crippen LogP contribution is -1.94. The normalized spacial score (nSPS) is 10.5. The van der Waals surface area contributed by atoms with Gasteiger partial charge in [0.25, 0.3) is 11.4 Å². The van der Waals surface area contributed by atoms with E-state index in [-0.39, 0.29) is 11.4 Å². The van der Waals surface area contributed by atoms with Crippen LogP contribution in [-0.2, 0) is 6.42 Å². The highest BCUT2D eigenvalue weighted by atomic mass is 32.2. The number of hydrogen-bond donors (Lipinski definition) is 2. The summed E-state index contributed by atoms with van der Waals surface area (Å²) >= 11 is 2.41. The van der Waals surface area contributed by atoms with Crippen LogP contribution in [-0.4, -0.2) is 9.85 Å². The first-order chi connectivity index (χ1) is 17.0. The molecule has 0 aromatic heterocycles. The number of nitro groups is 2. The van der Waals surface area contributed by atoms with Crippen LogP contribution in [0.15, 0.2) is 107 Å². The first-order valence-electron chi connectivity index (χ1n) is 10.5. The minimum absolute atomic E-state index is 0.0694. The number of benzene rings is 4. The van der Waals surface area contributed by atoms with Crippen molar-refractivity contribution in [3.8, 4) is 0 Å². The molecule has 4 aromatic rings. The molecule has 0 unspecified atom stereocenters. The highest BCUT2D eigenvalue weighted by Gasteiger charge is 2.14. The molecule has 0 spiro atoms. The molecule has 0 aliphatic heterocycles. The monoisotopic (exact) mass is 504 g/mol. The fourth-order valence-corrected chi connectivity index (χ4v) is 4.75. The third-order valence-electron chi connectivity index (χ3n) is 5.00. The highest BCUT2D eigenvalue weighted by Crippen LogP contribution is 2.31. The maximum absolute atomic E-state index is 11.1. The molecule has 0 radical (unpaired) electrons. The van der Waals surface area contributed by atoms with E-state index in [1.54, 1.807) is 36.4 Å². The molecule has 0 saturated carbocycles. The predicted octanol–water partition coefficient (Wildman–Crippen LogP) is 7.33. The van der Waals surface area contributed by atoms with Crippen molar-refractivity contribution in [3.63, 3.8) is 0 Å². The maximum Gasteiger partial charge on any atom is 0.284 e. The molecule has 4 rings (SSSR count). The molecule has 0 atom stereocenters. The lowest BCUT2D eigenvalue weighted by atomic mass is 10.0. The zero-order valence-corrected chi connectivity index (χ0v) is 19.9. The second kappa shape index (κ2) is 11.4. The summed E-state index contributed by atoms with van der Waals surface area (Å²) in [5, 5.41) is 22.3. The number of para-hydroxylation sites is 2. The van der Waals surface area contributed by atoms with Crippen LogP contribution in [0, 0.1) is 20.2 Å². The standard InChI is InChI=1S/C25H20N4O4S2/c30-28(31)22-5-1-3-7-24(22)34-26-20-13-9-18(10-14-20)17-19-11-15-21(16-12-19)27-35-25-8-4-2-6-23(25)29(32)33/h1-16,26-27H,17H2. The topological polar surface area (TPSA) is 110 Å². The van der Waals surface area contributed by atoms with Crippen molar-refractivity contribution in [2.75, 3.05) is 9.44 Å². The minimum Gasteiger partial charge on any atom is -0.325 e. The summed E-state index contributed by atoms with van der Waals surface area (Å²) in [5.41, 5.74) is 4.09. The van der Waals surface area contributed by atoms with E-state index < -0.39 is 9.85 Å². The van der Waals surface area contributed by atoms with E-state index >= 15 is 0 Å². The summed E-state index contributed by atoms with van der Waals surface area (Å²) in [6.07, 6.45) is 0.745. The van der Waals surface area contributed by atoms with E-state index in [9.17, 15) is 20.2 Å². The van der Waals surface area contributed by atoms with E-state index in [2.05, 4.69) is 9.44 Å². The van der Waals surface area contributed by atoms with Crippen LogP contribution in [0.3, 0.4) is 0 Å². The molecule has 8 nitrogen and oxygen atoms in total. The molecule has 176 valence electrons. The van der Waals surface area contributed by atoms with Crippen molar-refractivity contribution in [1.29, 1.82) is 0 Å². The molecular formula is C25H20N4O4S2. The van der Waals surface area contributed by atoms with Crippen LogP contribution in [0.5, 0.6) is 0 Å². The summed E-state index contributed by atoms with van der Waals surface area (Å²) < 4.78 is 6.31. The first-order valence-corrected chi connectivity index (χ1v) is 12.1. The summed E-state index contributed by atoms with van der Waals surface area (Å²) in [6, 6.07) is 29.0. The van der Waals surface area contributed by atoms with Gasteiger partial charge in [-0.05, 0) is 77.8 Å². The number of nitro benzene ring substituents is 2. The van der Waals surface area contributed by atoms with Crippen LogP contribution < -0.4 is 9.44 Å². The van der Waals surface area contributed by atoms with Gasteiger partial charge >= 0.3 is 0 Å². The Labute approximate surface area is 210 Å². The molecule has 0 amide bonds. The van der Waals surface area contributed by atoms with E-state index in [4.69, 9.17) is 0 Å². The number of nitrogens with one attached hydrogen (secondary N) is 2. The molecule has 10 heteroatoms. The first kappa shape index (κ1) is 24.1. The van der Waals surface area contributed by atoms with E-state index in [1.807, 2.05) is 48.5 Å². The highest BCUT2D eigenvalue weighted by molar-refractivity contribution is 8.01. The summed E-state index contributed by atoms with van der Waals surface area (Å²) in [6.45, 7) is 0. The van der Waals surface area contributed by atoms with Gasteiger partial charge in [0.1, 0.15) is 9.79 Å². The number of nitrogens with zero attached hydrogens (tertiary/aromatic N) is 2. The summed E-state index contributed by atoms with van der Waals surface area (Å²) in [5.74, 6) is 0. The van der Waals surface area contributed by atoms with Crippen molar-refractivity contribution in [1.82, 2.24) is 0 Å². The second-order valence-electron chi connectivity index (χ2n) is 7.43. The molecular weight excluding hydrogens is 484 g/mol. The average molecular weight is 505 g/mol. The molecule has 0 heterocycles. The van der Waals surface area contributed by atoms with Crippen molar-refractivity contribution in [2.45, 2.75) is 16.2 Å². The number of anilines is 2. The van der Waals surface area contributed by atoms with Crippen LogP contribution >= 0.6 is 23.9 Å². The Kier molecular flexibility index (Phi) is 7.86. The van der Waals surface area contributed by atoms with Gasteiger partial charge < -0.3 is 9.44 Å².